The number of nitrogens with one attached hydrogen (secondary N) is 1. The fraction of sp³-hybridized carbons (Fsp3) is 0.0588. The average Bonchev–Trinajstić information content (AvgIpc) is 3.16. The Bertz CT molecular complexity index is 1100. The lowest BCUT2D eigenvalue weighted by molar-refractivity contribution is 0.158. The lowest BCUT2D eigenvalue weighted by Gasteiger charge is -2.14. The second-order valence-electron chi connectivity index (χ2n) is 5.59. The van der Waals surface area contributed by atoms with E-state index in [-0.39, 0.29) is 10.6 Å². The zero-order valence-corrected chi connectivity index (χ0v) is 14.5. The molecule has 8 nitrogen and oxygen atoms in total. The standard InChI is InChI=1S/C17H14N4O4S/c1-12-2-5-14(6-3-12)26(22,23)25-15-11-18-10-13-4-7-16(19-17(13)15)21-8-9-24-20-21/h2-11,20H,1H3. The molecule has 9 heteroatoms. The van der Waals surface area contributed by atoms with Crippen molar-refractivity contribution in [1.82, 2.24) is 15.6 Å². The number of fused-ring (bicyclic) bond motifs is 1. The molecule has 0 spiro atoms. The van der Waals surface area contributed by atoms with Crippen molar-refractivity contribution in [3.8, 4) is 5.75 Å². The maximum absolute atomic E-state index is 12.6. The van der Waals surface area contributed by atoms with Crippen LogP contribution in [0.3, 0.4) is 0 Å². The van der Waals surface area contributed by atoms with E-state index in [1.807, 2.05) is 6.92 Å². The Morgan fingerprint density at radius 3 is 2.65 bits per heavy atom. The van der Waals surface area contributed by atoms with Gasteiger partial charge in [-0.1, -0.05) is 23.3 Å². The summed E-state index contributed by atoms with van der Waals surface area (Å²) in [6.45, 7) is 1.88. The minimum atomic E-state index is -4.00. The summed E-state index contributed by atoms with van der Waals surface area (Å²) in [5.74, 6) is 0.559. The Balaban J connectivity index is 1.74. The Hall–Kier alpha value is -3.17. The minimum Gasteiger partial charge on any atom is -0.395 e. The normalized spacial score (nSPS) is 13.8. The Morgan fingerprint density at radius 1 is 1.12 bits per heavy atom. The molecule has 132 valence electrons. The van der Waals surface area contributed by atoms with Crippen molar-refractivity contribution in [2.24, 2.45) is 0 Å². The summed E-state index contributed by atoms with van der Waals surface area (Å²) in [4.78, 5) is 13.5. The first-order valence-corrected chi connectivity index (χ1v) is 9.07. The number of aryl methyl sites for hydroxylation is 1. The van der Waals surface area contributed by atoms with Crippen LogP contribution in [-0.2, 0) is 15.0 Å². The molecule has 0 saturated heterocycles. The molecule has 0 bridgehead atoms. The quantitative estimate of drug-likeness (QED) is 0.700. The van der Waals surface area contributed by atoms with Crippen LogP contribution >= 0.6 is 0 Å². The van der Waals surface area contributed by atoms with Gasteiger partial charge in [0.1, 0.15) is 16.7 Å². The molecule has 0 aliphatic carbocycles. The van der Waals surface area contributed by atoms with Crippen LogP contribution in [0, 0.1) is 6.92 Å². The predicted molar refractivity (Wildman–Crippen MR) is 94.4 cm³/mol. The molecule has 3 heterocycles. The molecule has 1 N–H and O–H groups in total. The van der Waals surface area contributed by atoms with Gasteiger partial charge in [0.15, 0.2) is 11.6 Å². The Labute approximate surface area is 149 Å². The molecule has 0 fully saturated rings. The third-order valence-corrected chi connectivity index (χ3v) is 4.98. The van der Waals surface area contributed by atoms with E-state index in [1.165, 1.54) is 29.6 Å². The van der Waals surface area contributed by atoms with Crippen molar-refractivity contribution in [1.29, 1.82) is 0 Å². The predicted octanol–water partition coefficient (Wildman–Crippen LogP) is 2.43. The number of hydrogen-bond acceptors (Lipinski definition) is 8. The van der Waals surface area contributed by atoms with E-state index in [9.17, 15) is 8.42 Å². The largest absolute Gasteiger partial charge is 0.395 e. The first-order chi connectivity index (χ1) is 12.5. The SMILES string of the molecule is Cc1ccc(S(=O)(=O)Oc2cncc3ccc(N4C=CON4)nc23)cc1. The van der Waals surface area contributed by atoms with E-state index < -0.39 is 10.1 Å². The summed E-state index contributed by atoms with van der Waals surface area (Å²) in [5, 5.41) is 2.19. The van der Waals surface area contributed by atoms with Gasteiger partial charge in [0.05, 0.1) is 12.4 Å². The monoisotopic (exact) mass is 370 g/mol. The van der Waals surface area contributed by atoms with Gasteiger partial charge in [-0.2, -0.15) is 8.42 Å². The molecule has 0 radical (unpaired) electrons. The van der Waals surface area contributed by atoms with Crippen LogP contribution in [0.5, 0.6) is 5.75 Å². The van der Waals surface area contributed by atoms with Crippen molar-refractivity contribution >= 4 is 26.8 Å². The van der Waals surface area contributed by atoms with Gasteiger partial charge < -0.3 is 9.02 Å². The van der Waals surface area contributed by atoms with Crippen LogP contribution in [0.4, 0.5) is 5.82 Å². The van der Waals surface area contributed by atoms with E-state index in [2.05, 4.69) is 15.6 Å². The number of hydrogen-bond donors (Lipinski definition) is 1. The highest BCUT2D eigenvalue weighted by molar-refractivity contribution is 7.87. The van der Waals surface area contributed by atoms with Crippen molar-refractivity contribution in [3.63, 3.8) is 0 Å². The fourth-order valence-corrected chi connectivity index (χ4v) is 3.33. The molecular formula is C17H14N4O4S. The number of hydrazine groups is 1. The van der Waals surface area contributed by atoms with Crippen LogP contribution in [-0.4, -0.2) is 18.4 Å². The second-order valence-corrected chi connectivity index (χ2v) is 7.14. The van der Waals surface area contributed by atoms with Crippen molar-refractivity contribution in [2.45, 2.75) is 11.8 Å². The lowest BCUT2D eigenvalue weighted by Crippen LogP contribution is -2.27. The summed E-state index contributed by atoms with van der Waals surface area (Å²) in [7, 11) is -4.00. The minimum absolute atomic E-state index is 0.0500. The smallest absolute Gasteiger partial charge is 0.339 e. The lowest BCUT2D eigenvalue weighted by atomic mass is 10.2. The summed E-state index contributed by atoms with van der Waals surface area (Å²) in [6, 6.07) is 9.92. The maximum atomic E-state index is 12.6. The molecule has 0 unspecified atom stereocenters. The molecule has 4 rings (SSSR count). The number of anilines is 1. The molecule has 1 aliphatic rings. The van der Waals surface area contributed by atoms with Gasteiger partial charge in [0.2, 0.25) is 0 Å². The van der Waals surface area contributed by atoms with Crippen molar-refractivity contribution in [2.75, 3.05) is 5.01 Å². The van der Waals surface area contributed by atoms with Crippen LogP contribution in [0.25, 0.3) is 10.9 Å². The molecule has 0 amide bonds. The number of pyridine rings is 2. The second kappa shape index (κ2) is 6.28. The van der Waals surface area contributed by atoms with E-state index in [4.69, 9.17) is 9.02 Å². The molecule has 1 aliphatic heterocycles. The summed E-state index contributed by atoms with van der Waals surface area (Å²) < 4.78 is 30.4. The van der Waals surface area contributed by atoms with Crippen LogP contribution in [0.1, 0.15) is 5.56 Å². The van der Waals surface area contributed by atoms with Gasteiger partial charge in [0, 0.05) is 11.6 Å². The molecular weight excluding hydrogens is 356 g/mol. The van der Waals surface area contributed by atoms with Gasteiger partial charge in [0.25, 0.3) is 0 Å². The van der Waals surface area contributed by atoms with Gasteiger partial charge in [-0.15, -0.1) is 0 Å². The molecule has 3 aromatic rings. The molecule has 0 atom stereocenters. The third kappa shape index (κ3) is 3.05. The number of aromatic nitrogens is 2. The molecule has 1 aromatic carbocycles. The average molecular weight is 370 g/mol. The first kappa shape index (κ1) is 16.3. The maximum Gasteiger partial charge on any atom is 0.339 e. The highest BCUT2D eigenvalue weighted by atomic mass is 32.2. The summed E-state index contributed by atoms with van der Waals surface area (Å²) >= 11 is 0. The Morgan fingerprint density at radius 2 is 1.92 bits per heavy atom. The van der Waals surface area contributed by atoms with Gasteiger partial charge in [-0.05, 0) is 31.2 Å². The molecule has 2 aromatic heterocycles. The number of benzene rings is 1. The molecule has 26 heavy (non-hydrogen) atoms. The number of nitrogens with zero attached hydrogens (tertiary/aromatic N) is 3. The van der Waals surface area contributed by atoms with Crippen molar-refractivity contribution < 1.29 is 17.4 Å². The van der Waals surface area contributed by atoms with Crippen molar-refractivity contribution in [3.05, 3.63) is 66.8 Å². The van der Waals surface area contributed by atoms with E-state index in [0.717, 1.165) is 5.56 Å². The number of rotatable bonds is 4. The summed E-state index contributed by atoms with van der Waals surface area (Å²) in [6.07, 6.45) is 6.01. The first-order valence-electron chi connectivity index (χ1n) is 7.66. The zero-order chi connectivity index (χ0) is 18.1. The van der Waals surface area contributed by atoms with Crippen LogP contribution in [0.15, 0.2) is 66.1 Å². The van der Waals surface area contributed by atoms with E-state index in [1.54, 1.807) is 36.7 Å². The topological polar surface area (TPSA) is 93.7 Å². The van der Waals surface area contributed by atoms with Gasteiger partial charge in [-0.25, -0.2) is 9.99 Å². The van der Waals surface area contributed by atoms with Crippen LogP contribution in [0.2, 0.25) is 0 Å². The van der Waals surface area contributed by atoms with Gasteiger partial charge in [-0.3, -0.25) is 4.98 Å². The highest BCUT2D eigenvalue weighted by Crippen LogP contribution is 2.28. The van der Waals surface area contributed by atoms with Gasteiger partial charge >= 0.3 is 10.1 Å². The van der Waals surface area contributed by atoms with E-state index >= 15 is 0 Å². The Kier molecular flexibility index (Phi) is 3.94. The third-order valence-electron chi connectivity index (χ3n) is 3.74. The van der Waals surface area contributed by atoms with E-state index in [0.29, 0.717) is 16.7 Å². The fourth-order valence-electron chi connectivity index (χ4n) is 2.41. The zero-order valence-electron chi connectivity index (χ0n) is 13.7. The summed E-state index contributed by atoms with van der Waals surface area (Å²) in [5.41, 5.74) is 3.95. The van der Waals surface area contributed by atoms with Crippen LogP contribution < -0.4 is 14.8 Å². The highest BCUT2D eigenvalue weighted by Gasteiger charge is 2.20. The molecule has 0 saturated carbocycles.